The first-order valence-corrected chi connectivity index (χ1v) is 5.25. The van der Waals surface area contributed by atoms with Gasteiger partial charge < -0.3 is 8.85 Å². The van der Waals surface area contributed by atoms with Crippen molar-refractivity contribution in [2.45, 2.75) is 19.9 Å². The molecule has 0 fully saturated rings. The molecule has 0 aromatic heterocycles. The van der Waals surface area contributed by atoms with E-state index in [2.05, 4.69) is 6.92 Å². The van der Waals surface area contributed by atoms with Crippen LogP contribution in [0.15, 0.2) is 0 Å². The van der Waals surface area contributed by atoms with Gasteiger partial charge >= 0.3 is 8.56 Å². The molecule has 0 rings (SSSR count). The number of rotatable bonds is 4. The zero-order valence-electron chi connectivity index (χ0n) is 6.60. The Morgan fingerprint density at radius 2 is 1.78 bits per heavy atom. The fourth-order valence-electron chi connectivity index (χ4n) is 0.812. The fraction of sp³-hybridized carbons (Fsp3) is 0.833. The first kappa shape index (κ1) is 9.14. The first-order chi connectivity index (χ1) is 4.24. The summed E-state index contributed by atoms with van der Waals surface area (Å²) in [5, 5.41) is 0. The van der Waals surface area contributed by atoms with Crippen molar-refractivity contribution < 1.29 is 8.85 Å². The molecule has 3 heteroatoms. The second kappa shape index (κ2) is 4.03. The van der Waals surface area contributed by atoms with Gasteiger partial charge in [-0.3, -0.25) is 0 Å². The topological polar surface area (TPSA) is 18.5 Å². The smallest absolute Gasteiger partial charge is 0.340 e. The van der Waals surface area contributed by atoms with E-state index >= 15 is 0 Å². The first-order valence-electron chi connectivity index (χ1n) is 3.15. The van der Waals surface area contributed by atoms with Crippen LogP contribution in [0.1, 0.15) is 13.8 Å². The summed E-state index contributed by atoms with van der Waals surface area (Å²) in [5.41, 5.74) is 0. The highest BCUT2D eigenvalue weighted by atomic mass is 28.4. The van der Waals surface area contributed by atoms with Crippen LogP contribution in [0.3, 0.4) is 0 Å². The molecule has 0 saturated heterocycles. The van der Waals surface area contributed by atoms with Gasteiger partial charge in [-0.25, -0.2) is 0 Å². The highest BCUT2D eigenvalue weighted by molar-refractivity contribution is 6.70. The molecule has 0 aliphatic rings. The second-order valence-electron chi connectivity index (χ2n) is 1.86. The monoisotopic (exact) mass is 147 g/mol. The highest BCUT2D eigenvalue weighted by Crippen LogP contribution is 2.13. The van der Waals surface area contributed by atoms with Gasteiger partial charge in [-0.05, 0) is 6.04 Å². The predicted octanol–water partition coefficient (Wildman–Crippen LogP) is 1.50. The molecule has 0 aromatic rings. The van der Waals surface area contributed by atoms with Crippen LogP contribution in [0.5, 0.6) is 0 Å². The van der Waals surface area contributed by atoms with Gasteiger partial charge in [-0.15, -0.1) is 0 Å². The third-order valence-corrected chi connectivity index (χ3v) is 4.87. The molecule has 0 aliphatic heterocycles. The van der Waals surface area contributed by atoms with Crippen molar-refractivity contribution in [3.05, 3.63) is 6.04 Å². The summed E-state index contributed by atoms with van der Waals surface area (Å²) < 4.78 is 10.5. The molecule has 1 radical (unpaired) electrons. The van der Waals surface area contributed by atoms with Crippen LogP contribution >= 0.6 is 0 Å². The lowest BCUT2D eigenvalue weighted by molar-refractivity contribution is 0.252. The van der Waals surface area contributed by atoms with Crippen LogP contribution in [0.2, 0.25) is 6.04 Å². The number of hydrogen-bond donors (Lipinski definition) is 0. The Balaban J connectivity index is 3.82. The van der Waals surface area contributed by atoms with Crippen LogP contribution < -0.4 is 0 Å². The van der Waals surface area contributed by atoms with Crippen LogP contribution in [0.25, 0.3) is 0 Å². The van der Waals surface area contributed by atoms with Crippen LogP contribution in [0, 0.1) is 6.04 Å². The molecule has 0 aliphatic carbocycles. The Morgan fingerprint density at radius 3 is 1.78 bits per heavy atom. The lowest BCUT2D eigenvalue weighted by Crippen LogP contribution is -2.39. The van der Waals surface area contributed by atoms with Gasteiger partial charge in [-0.1, -0.05) is 13.8 Å². The average molecular weight is 147 g/mol. The van der Waals surface area contributed by atoms with Crippen LogP contribution in [-0.4, -0.2) is 22.8 Å². The van der Waals surface area contributed by atoms with E-state index in [0.717, 1.165) is 6.04 Å². The van der Waals surface area contributed by atoms with Gasteiger partial charge in [0, 0.05) is 20.3 Å². The highest BCUT2D eigenvalue weighted by Gasteiger charge is 2.30. The molecule has 0 bridgehead atoms. The van der Waals surface area contributed by atoms with E-state index < -0.39 is 8.56 Å². The van der Waals surface area contributed by atoms with E-state index in [-0.39, 0.29) is 0 Å². The van der Waals surface area contributed by atoms with Gasteiger partial charge in [0.25, 0.3) is 0 Å². The molecular weight excluding hydrogens is 132 g/mol. The normalized spacial score (nSPS) is 12.0. The van der Waals surface area contributed by atoms with Crippen molar-refractivity contribution in [2.75, 3.05) is 14.2 Å². The van der Waals surface area contributed by atoms with Crippen molar-refractivity contribution in [3.63, 3.8) is 0 Å². The van der Waals surface area contributed by atoms with Gasteiger partial charge in [0.05, 0.1) is 0 Å². The predicted molar refractivity (Wildman–Crippen MR) is 40.2 cm³/mol. The SMILES string of the molecule is C[CH][Si](CC)(OC)OC. The van der Waals surface area contributed by atoms with E-state index in [4.69, 9.17) is 8.85 Å². The molecule has 2 nitrogen and oxygen atoms in total. The van der Waals surface area contributed by atoms with Gasteiger partial charge in [0.2, 0.25) is 0 Å². The standard InChI is InChI=1S/C6H15O2Si/c1-5-9(6-2,7-3)8-4/h5H,6H2,1-4H3. The summed E-state index contributed by atoms with van der Waals surface area (Å²) >= 11 is 0. The van der Waals surface area contributed by atoms with Crippen molar-refractivity contribution in [2.24, 2.45) is 0 Å². The molecule has 55 valence electrons. The Hall–Kier alpha value is 0.137. The molecule has 0 saturated carbocycles. The maximum absolute atomic E-state index is 5.25. The molecule has 9 heavy (non-hydrogen) atoms. The lowest BCUT2D eigenvalue weighted by Gasteiger charge is -2.23. The summed E-state index contributed by atoms with van der Waals surface area (Å²) in [5.74, 6) is 0. The van der Waals surface area contributed by atoms with Crippen molar-refractivity contribution in [3.8, 4) is 0 Å². The third-order valence-electron chi connectivity index (χ3n) is 1.62. The maximum Gasteiger partial charge on any atom is 0.340 e. The summed E-state index contributed by atoms with van der Waals surface area (Å²) in [6.07, 6.45) is 0. The molecule has 0 amide bonds. The molecule has 0 N–H and O–H groups in total. The minimum atomic E-state index is -1.82. The van der Waals surface area contributed by atoms with E-state index in [1.807, 2.05) is 13.0 Å². The number of hydrogen-bond acceptors (Lipinski definition) is 2. The molecule has 0 atom stereocenters. The van der Waals surface area contributed by atoms with Gasteiger partial charge in [0.1, 0.15) is 0 Å². The van der Waals surface area contributed by atoms with Gasteiger partial charge in [0.15, 0.2) is 0 Å². The maximum atomic E-state index is 5.25. The van der Waals surface area contributed by atoms with E-state index in [9.17, 15) is 0 Å². The average Bonchev–Trinajstić information content (AvgIpc) is 1.95. The largest absolute Gasteiger partial charge is 0.397 e. The summed E-state index contributed by atoms with van der Waals surface area (Å²) in [4.78, 5) is 0. The van der Waals surface area contributed by atoms with Crippen molar-refractivity contribution in [1.82, 2.24) is 0 Å². The van der Waals surface area contributed by atoms with Crippen LogP contribution in [0.4, 0.5) is 0 Å². The van der Waals surface area contributed by atoms with Crippen molar-refractivity contribution >= 4 is 8.56 Å². The lowest BCUT2D eigenvalue weighted by atomic mass is 10.9. The minimum absolute atomic E-state index is 0.983. The minimum Gasteiger partial charge on any atom is -0.397 e. The van der Waals surface area contributed by atoms with Gasteiger partial charge in [-0.2, -0.15) is 0 Å². The molecule has 0 spiro atoms. The molecular formula is C6H15O2Si. The Kier molecular flexibility index (Phi) is 4.09. The van der Waals surface area contributed by atoms with E-state index in [1.54, 1.807) is 14.2 Å². The molecule has 0 aromatic carbocycles. The fourth-order valence-corrected chi connectivity index (χ4v) is 2.44. The van der Waals surface area contributed by atoms with Crippen molar-refractivity contribution in [1.29, 1.82) is 0 Å². The summed E-state index contributed by atoms with van der Waals surface area (Å²) in [6, 6.07) is 3.03. The third kappa shape index (κ3) is 2.08. The Labute approximate surface area is 58.4 Å². The summed E-state index contributed by atoms with van der Waals surface area (Å²) in [7, 11) is 1.60. The Morgan fingerprint density at radius 1 is 1.33 bits per heavy atom. The zero-order chi connectivity index (χ0) is 7.33. The molecule has 0 unspecified atom stereocenters. The second-order valence-corrected chi connectivity index (χ2v) is 5.59. The van der Waals surface area contributed by atoms with Crippen LogP contribution in [-0.2, 0) is 8.85 Å². The molecule has 0 heterocycles. The quantitative estimate of drug-likeness (QED) is 0.561. The van der Waals surface area contributed by atoms with E-state index in [1.165, 1.54) is 0 Å². The zero-order valence-corrected chi connectivity index (χ0v) is 7.60. The Bertz CT molecular complexity index is 53.9. The van der Waals surface area contributed by atoms with E-state index in [0.29, 0.717) is 0 Å². The summed E-state index contributed by atoms with van der Waals surface area (Å²) in [6.45, 7) is 4.07.